The Morgan fingerprint density at radius 2 is 2.03 bits per heavy atom. The second-order valence-electron chi connectivity index (χ2n) is 9.61. The van der Waals surface area contributed by atoms with Crippen molar-refractivity contribution in [3.8, 4) is 5.75 Å². The zero-order chi connectivity index (χ0) is 24.0. The van der Waals surface area contributed by atoms with Crippen molar-refractivity contribution >= 4 is 11.9 Å². The summed E-state index contributed by atoms with van der Waals surface area (Å²) in [5.74, 6) is 2.08. The molecule has 33 heavy (non-hydrogen) atoms. The van der Waals surface area contributed by atoms with E-state index in [0.717, 1.165) is 67.9 Å². The van der Waals surface area contributed by atoms with Gasteiger partial charge in [0.15, 0.2) is 5.82 Å². The zero-order valence-electron chi connectivity index (χ0n) is 20.3. The third-order valence-corrected chi connectivity index (χ3v) is 6.45. The van der Waals surface area contributed by atoms with E-state index in [1.54, 1.807) is 12.1 Å². The number of anilines is 1. The van der Waals surface area contributed by atoms with Gasteiger partial charge in [0.25, 0.3) is 0 Å². The Kier molecular flexibility index (Phi) is 8.72. The maximum absolute atomic E-state index is 11.7. The average molecular weight is 459 g/mol. The highest BCUT2D eigenvalue weighted by molar-refractivity contribution is 5.95. The Morgan fingerprint density at radius 1 is 1.30 bits per heavy atom. The zero-order valence-corrected chi connectivity index (χ0v) is 20.3. The molecule has 8 nitrogen and oxygen atoms in total. The van der Waals surface area contributed by atoms with Crippen LogP contribution in [0.2, 0.25) is 0 Å². The number of aliphatic hydroxyl groups is 1. The molecule has 1 aliphatic heterocycles. The third kappa shape index (κ3) is 6.47. The van der Waals surface area contributed by atoms with E-state index >= 15 is 0 Å². The number of carbonyl (C=O) groups is 1. The van der Waals surface area contributed by atoms with E-state index in [2.05, 4.69) is 28.9 Å². The highest BCUT2D eigenvalue weighted by Crippen LogP contribution is 2.32. The van der Waals surface area contributed by atoms with Crippen LogP contribution in [0.4, 0.5) is 6.01 Å². The molecule has 1 aromatic carbocycles. The summed E-state index contributed by atoms with van der Waals surface area (Å²) >= 11 is 0. The second-order valence-corrected chi connectivity index (χ2v) is 9.61. The highest BCUT2D eigenvalue weighted by atomic mass is 16.5. The largest absolute Gasteiger partial charge is 0.493 e. The van der Waals surface area contributed by atoms with Crippen LogP contribution in [-0.4, -0.2) is 47.5 Å². The second kappa shape index (κ2) is 11.5. The van der Waals surface area contributed by atoms with Crippen LogP contribution in [0.5, 0.6) is 5.75 Å². The lowest BCUT2D eigenvalue weighted by Crippen LogP contribution is -2.34. The van der Waals surface area contributed by atoms with Crippen LogP contribution in [0, 0.1) is 18.8 Å². The van der Waals surface area contributed by atoms with Crippen molar-refractivity contribution in [2.45, 2.75) is 65.7 Å². The van der Waals surface area contributed by atoms with Gasteiger partial charge in [0, 0.05) is 43.2 Å². The molecule has 1 aromatic heterocycles. The van der Waals surface area contributed by atoms with E-state index < -0.39 is 5.91 Å². The summed E-state index contributed by atoms with van der Waals surface area (Å²) in [6.07, 6.45) is 5.08. The molecule has 0 spiro atoms. The van der Waals surface area contributed by atoms with Crippen LogP contribution in [0.25, 0.3) is 0 Å². The number of aromatic nitrogens is 2. The van der Waals surface area contributed by atoms with Crippen molar-refractivity contribution in [3.63, 3.8) is 0 Å². The molecule has 0 aliphatic carbocycles. The van der Waals surface area contributed by atoms with Gasteiger partial charge in [-0.1, -0.05) is 25.9 Å². The average Bonchev–Trinajstić information content (AvgIpc) is 3.24. The summed E-state index contributed by atoms with van der Waals surface area (Å²) in [4.78, 5) is 18.4. The van der Waals surface area contributed by atoms with Gasteiger partial charge in [0.05, 0.1) is 6.61 Å². The minimum absolute atomic E-state index is 0.0169. The molecule has 1 amide bonds. The first kappa shape index (κ1) is 25.0. The lowest BCUT2D eigenvalue weighted by Gasteiger charge is -2.30. The minimum Gasteiger partial charge on any atom is -0.493 e. The number of piperidine rings is 1. The predicted molar refractivity (Wildman–Crippen MR) is 128 cm³/mol. The number of ether oxygens (including phenoxy) is 1. The number of aliphatic hydroxyl groups excluding tert-OH is 1. The Labute approximate surface area is 196 Å². The Balaban J connectivity index is 1.47. The minimum atomic E-state index is -0.464. The molecular weight excluding hydrogens is 420 g/mol. The standard InChI is InChI=1S/C25H38N4O4/c1-16(2)14-22-27-25(33-28-22)29-11-9-19(10-12-29)6-5-13-32-21-8-7-20(24(26)31)18(4)23(21)17(3)15-30/h7-8,16-17,19,30H,5-6,9-15H2,1-4H3,(H2,26,31)/t17-/m0/s1. The number of benzene rings is 1. The first-order valence-electron chi connectivity index (χ1n) is 12.0. The van der Waals surface area contributed by atoms with E-state index in [9.17, 15) is 9.90 Å². The van der Waals surface area contributed by atoms with Gasteiger partial charge in [-0.25, -0.2) is 0 Å². The van der Waals surface area contributed by atoms with Crippen molar-refractivity contribution in [1.82, 2.24) is 10.1 Å². The molecule has 3 N–H and O–H groups in total. The van der Waals surface area contributed by atoms with Crippen LogP contribution in [0.15, 0.2) is 16.7 Å². The summed E-state index contributed by atoms with van der Waals surface area (Å²) in [6.45, 7) is 10.5. The third-order valence-electron chi connectivity index (χ3n) is 6.45. The topological polar surface area (TPSA) is 115 Å². The van der Waals surface area contributed by atoms with Crippen LogP contribution in [-0.2, 0) is 6.42 Å². The van der Waals surface area contributed by atoms with E-state index in [1.807, 2.05) is 13.8 Å². The van der Waals surface area contributed by atoms with Gasteiger partial charge in [0.1, 0.15) is 5.75 Å². The van der Waals surface area contributed by atoms with E-state index in [4.69, 9.17) is 15.0 Å². The summed E-state index contributed by atoms with van der Waals surface area (Å²) in [5.41, 5.74) is 7.61. The molecule has 2 heterocycles. The molecule has 1 saturated heterocycles. The molecule has 0 radical (unpaired) electrons. The van der Waals surface area contributed by atoms with E-state index in [-0.39, 0.29) is 12.5 Å². The number of nitrogens with zero attached hydrogens (tertiary/aromatic N) is 3. The fourth-order valence-corrected chi connectivity index (χ4v) is 4.59. The van der Waals surface area contributed by atoms with Gasteiger partial charge < -0.3 is 25.0 Å². The molecule has 1 fully saturated rings. The first-order valence-corrected chi connectivity index (χ1v) is 12.0. The van der Waals surface area contributed by atoms with Crippen LogP contribution < -0.4 is 15.4 Å². The fourth-order valence-electron chi connectivity index (χ4n) is 4.59. The van der Waals surface area contributed by atoms with Crippen molar-refractivity contribution < 1.29 is 19.2 Å². The summed E-state index contributed by atoms with van der Waals surface area (Å²) < 4.78 is 11.5. The quantitative estimate of drug-likeness (QED) is 0.492. The Bertz CT molecular complexity index is 919. The molecule has 0 bridgehead atoms. The van der Waals surface area contributed by atoms with Crippen molar-refractivity contribution in [1.29, 1.82) is 0 Å². The van der Waals surface area contributed by atoms with Gasteiger partial charge in [-0.2, -0.15) is 4.98 Å². The van der Waals surface area contributed by atoms with E-state index in [0.29, 0.717) is 30.0 Å². The molecule has 1 aliphatic rings. The molecule has 0 saturated carbocycles. The lowest BCUT2D eigenvalue weighted by molar-refractivity contribution is 0.0999. The molecule has 1 atom stereocenters. The Hall–Kier alpha value is -2.61. The number of nitrogens with two attached hydrogens (primary N) is 1. The summed E-state index contributed by atoms with van der Waals surface area (Å²) in [7, 11) is 0. The van der Waals surface area contributed by atoms with Crippen molar-refractivity contribution in [2.24, 2.45) is 17.6 Å². The van der Waals surface area contributed by atoms with E-state index in [1.165, 1.54) is 0 Å². The molecule has 0 unspecified atom stereocenters. The van der Waals surface area contributed by atoms with Crippen LogP contribution in [0.3, 0.4) is 0 Å². The number of hydrogen-bond acceptors (Lipinski definition) is 7. The van der Waals surface area contributed by atoms with Crippen LogP contribution in [0.1, 0.15) is 79.7 Å². The molecule has 3 rings (SSSR count). The predicted octanol–water partition coefficient (Wildman–Crippen LogP) is 3.85. The number of rotatable bonds is 11. The fraction of sp³-hybridized carbons (Fsp3) is 0.640. The monoisotopic (exact) mass is 458 g/mol. The van der Waals surface area contributed by atoms with Crippen molar-refractivity contribution in [3.05, 3.63) is 34.6 Å². The van der Waals surface area contributed by atoms with Crippen LogP contribution >= 0.6 is 0 Å². The maximum atomic E-state index is 11.7. The van der Waals surface area contributed by atoms with Gasteiger partial charge in [-0.05, 0) is 62.1 Å². The lowest BCUT2D eigenvalue weighted by atomic mass is 9.92. The molecule has 8 heteroatoms. The smallest absolute Gasteiger partial charge is 0.324 e. The molecule has 182 valence electrons. The number of primary amides is 1. The van der Waals surface area contributed by atoms with Gasteiger partial charge >= 0.3 is 6.01 Å². The molecular formula is C25H38N4O4. The van der Waals surface area contributed by atoms with Gasteiger partial charge in [-0.15, -0.1) is 0 Å². The molecule has 2 aromatic rings. The highest BCUT2D eigenvalue weighted by Gasteiger charge is 2.23. The SMILES string of the molecule is Cc1c(C(N)=O)ccc(OCCCC2CCN(c3nc(CC(C)C)no3)CC2)c1[C@@H](C)CO. The number of carbonyl (C=O) groups excluding carboxylic acids is 1. The normalized spacial score (nSPS) is 15.8. The number of amides is 1. The van der Waals surface area contributed by atoms with Crippen molar-refractivity contribution in [2.75, 3.05) is 31.2 Å². The van der Waals surface area contributed by atoms with Gasteiger partial charge in [-0.3, -0.25) is 4.79 Å². The Morgan fingerprint density at radius 3 is 2.67 bits per heavy atom. The maximum Gasteiger partial charge on any atom is 0.324 e. The first-order chi connectivity index (χ1) is 15.8. The van der Waals surface area contributed by atoms with Gasteiger partial charge in [0.2, 0.25) is 5.91 Å². The number of hydrogen-bond donors (Lipinski definition) is 2. The summed E-state index contributed by atoms with van der Waals surface area (Å²) in [6, 6.07) is 4.15. The summed E-state index contributed by atoms with van der Waals surface area (Å²) in [5, 5.41) is 13.8.